The molecule has 2 aromatic carbocycles. The molecule has 0 aliphatic heterocycles. The predicted octanol–water partition coefficient (Wildman–Crippen LogP) is 3.85. The van der Waals surface area contributed by atoms with Crippen LogP contribution in [0.15, 0.2) is 30.3 Å². The standard InChI is InChI=1S/C14H8F2N2O3/c1-8-4-10(2-3-13(8)18(19)20)21-14-11(15)5-9(7-17)6-12(14)16/h2-6H,1H3. The van der Waals surface area contributed by atoms with E-state index in [0.29, 0.717) is 5.56 Å². The molecule has 0 unspecified atom stereocenters. The van der Waals surface area contributed by atoms with Crippen molar-refractivity contribution in [3.63, 3.8) is 0 Å². The molecule has 0 saturated carbocycles. The van der Waals surface area contributed by atoms with Crippen molar-refractivity contribution in [3.05, 3.63) is 63.2 Å². The fourth-order valence-electron chi connectivity index (χ4n) is 1.74. The molecule has 21 heavy (non-hydrogen) atoms. The van der Waals surface area contributed by atoms with Gasteiger partial charge in [0.1, 0.15) is 5.75 Å². The lowest BCUT2D eigenvalue weighted by atomic mass is 10.2. The van der Waals surface area contributed by atoms with E-state index in [0.717, 1.165) is 12.1 Å². The van der Waals surface area contributed by atoms with Crippen molar-refractivity contribution in [3.8, 4) is 17.6 Å². The first-order chi connectivity index (χ1) is 9.92. The Bertz CT molecular complexity index is 746. The molecule has 0 atom stereocenters. The van der Waals surface area contributed by atoms with Crippen LogP contribution in [0.5, 0.6) is 11.5 Å². The molecular formula is C14H8F2N2O3. The third kappa shape index (κ3) is 2.95. The molecule has 5 nitrogen and oxygen atoms in total. The highest BCUT2D eigenvalue weighted by molar-refractivity contribution is 5.46. The summed E-state index contributed by atoms with van der Waals surface area (Å²) in [6.45, 7) is 1.48. The summed E-state index contributed by atoms with van der Waals surface area (Å²) in [6.07, 6.45) is 0. The molecule has 0 aliphatic carbocycles. The molecule has 2 aromatic rings. The fourth-order valence-corrected chi connectivity index (χ4v) is 1.74. The molecule has 0 aromatic heterocycles. The van der Waals surface area contributed by atoms with E-state index >= 15 is 0 Å². The van der Waals surface area contributed by atoms with E-state index in [-0.39, 0.29) is 17.0 Å². The first-order valence-corrected chi connectivity index (χ1v) is 5.74. The van der Waals surface area contributed by atoms with Crippen molar-refractivity contribution >= 4 is 5.69 Å². The van der Waals surface area contributed by atoms with E-state index < -0.39 is 22.3 Å². The van der Waals surface area contributed by atoms with Crippen molar-refractivity contribution in [2.75, 3.05) is 0 Å². The van der Waals surface area contributed by atoms with Gasteiger partial charge >= 0.3 is 0 Å². The minimum atomic E-state index is -1.03. The molecule has 0 amide bonds. The molecule has 7 heteroatoms. The summed E-state index contributed by atoms with van der Waals surface area (Å²) >= 11 is 0. The van der Waals surface area contributed by atoms with Gasteiger partial charge in [0.25, 0.3) is 5.69 Å². The second-order valence-corrected chi connectivity index (χ2v) is 4.19. The molecular weight excluding hydrogens is 282 g/mol. The maximum absolute atomic E-state index is 13.7. The van der Waals surface area contributed by atoms with Gasteiger partial charge in [-0.05, 0) is 31.2 Å². The van der Waals surface area contributed by atoms with Gasteiger partial charge in [0.05, 0.1) is 16.6 Å². The Hall–Kier alpha value is -3.01. The zero-order valence-corrected chi connectivity index (χ0v) is 10.8. The predicted molar refractivity (Wildman–Crippen MR) is 69.0 cm³/mol. The molecule has 0 radical (unpaired) electrons. The van der Waals surface area contributed by atoms with E-state index in [1.165, 1.54) is 25.1 Å². The van der Waals surface area contributed by atoms with Crippen molar-refractivity contribution in [2.45, 2.75) is 6.92 Å². The topological polar surface area (TPSA) is 76.2 Å². The number of nitriles is 1. The average molecular weight is 290 g/mol. The van der Waals surface area contributed by atoms with E-state index in [4.69, 9.17) is 10.00 Å². The van der Waals surface area contributed by atoms with Crippen LogP contribution in [0, 0.1) is 40.0 Å². The first-order valence-electron chi connectivity index (χ1n) is 5.74. The Kier molecular flexibility index (Phi) is 3.80. The zero-order chi connectivity index (χ0) is 15.6. The van der Waals surface area contributed by atoms with Crippen LogP contribution in [0.25, 0.3) is 0 Å². The van der Waals surface area contributed by atoms with Crippen LogP contribution in [0.4, 0.5) is 14.5 Å². The molecule has 0 saturated heterocycles. The third-order valence-corrected chi connectivity index (χ3v) is 2.71. The Morgan fingerprint density at radius 3 is 2.33 bits per heavy atom. The van der Waals surface area contributed by atoms with Crippen molar-refractivity contribution in [1.82, 2.24) is 0 Å². The summed E-state index contributed by atoms with van der Waals surface area (Å²) in [4.78, 5) is 10.1. The van der Waals surface area contributed by atoms with Crippen molar-refractivity contribution in [1.29, 1.82) is 5.26 Å². The number of halogens is 2. The summed E-state index contributed by atoms with van der Waals surface area (Å²) in [5, 5.41) is 19.3. The van der Waals surface area contributed by atoms with Crippen LogP contribution >= 0.6 is 0 Å². The number of hydrogen-bond donors (Lipinski definition) is 0. The van der Waals surface area contributed by atoms with Gasteiger partial charge in [0, 0.05) is 11.6 Å². The van der Waals surface area contributed by atoms with Crippen LogP contribution in [-0.2, 0) is 0 Å². The van der Waals surface area contributed by atoms with E-state index in [1.807, 2.05) is 0 Å². The molecule has 0 bridgehead atoms. The fraction of sp³-hybridized carbons (Fsp3) is 0.0714. The monoisotopic (exact) mass is 290 g/mol. The molecule has 106 valence electrons. The number of nitro benzene ring substituents is 1. The minimum Gasteiger partial charge on any atom is -0.451 e. The molecule has 2 rings (SSSR count). The number of aryl methyl sites for hydroxylation is 1. The summed E-state index contributed by atoms with van der Waals surface area (Å²) in [7, 11) is 0. The Morgan fingerprint density at radius 2 is 1.86 bits per heavy atom. The highest BCUT2D eigenvalue weighted by Crippen LogP contribution is 2.31. The van der Waals surface area contributed by atoms with Gasteiger partial charge in [-0.15, -0.1) is 0 Å². The number of nitro groups is 1. The third-order valence-electron chi connectivity index (χ3n) is 2.71. The lowest BCUT2D eigenvalue weighted by Crippen LogP contribution is -1.96. The highest BCUT2D eigenvalue weighted by Gasteiger charge is 2.16. The lowest BCUT2D eigenvalue weighted by Gasteiger charge is -2.09. The second-order valence-electron chi connectivity index (χ2n) is 4.19. The van der Waals surface area contributed by atoms with Crippen molar-refractivity contribution in [2.24, 2.45) is 0 Å². The van der Waals surface area contributed by atoms with Crippen molar-refractivity contribution < 1.29 is 18.4 Å². The van der Waals surface area contributed by atoms with Crippen LogP contribution < -0.4 is 4.74 Å². The Balaban J connectivity index is 2.37. The number of rotatable bonds is 3. The van der Waals surface area contributed by atoms with Gasteiger partial charge < -0.3 is 4.74 Å². The lowest BCUT2D eigenvalue weighted by molar-refractivity contribution is -0.385. The van der Waals surface area contributed by atoms with Crippen LogP contribution in [0.3, 0.4) is 0 Å². The van der Waals surface area contributed by atoms with Crippen LogP contribution in [0.1, 0.15) is 11.1 Å². The first kappa shape index (κ1) is 14.4. The van der Waals surface area contributed by atoms with Gasteiger partial charge in [0.2, 0.25) is 0 Å². The summed E-state index contributed by atoms with van der Waals surface area (Å²) < 4.78 is 32.4. The summed E-state index contributed by atoms with van der Waals surface area (Å²) in [6, 6.07) is 7.03. The number of hydrogen-bond acceptors (Lipinski definition) is 4. The van der Waals surface area contributed by atoms with Gasteiger partial charge in [-0.2, -0.15) is 5.26 Å². The zero-order valence-electron chi connectivity index (χ0n) is 10.8. The normalized spacial score (nSPS) is 10.0. The SMILES string of the molecule is Cc1cc(Oc2c(F)cc(C#N)cc2F)ccc1[N+](=O)[O-]. The number of nitrogens with zero attached hydrogens (tertiary/aromatic N) is 2. The smallest absolute Gasteiger partial charge is 0.272 e. The highest BCUT2D eigenvalue weighted by atomic mass is 19.1. The molecule has 0 heterocycles. The largest absolute Gasteiger partial charge is 0.451 e. The molecule has 0 fully saturated rings. The van der Waals surface area contributed by atoms with Crippen LogP contribution in [0.2, 0.25) is 0 Å². The average Bonchev–Trinajstić information content (AvgIpc) is 2.42. The van der Waals surface area contributed by atoms with E-state index in [1.54, 1.807) is 6.07 Å². The van der Waals surface area contributed by atoms with Gasteiger partial charge in [-0.1, -0.05) is 0 Å². The van der Waals surface area contributed by atoms with Gasteiger partial charge in [-0.3, -0.25) is 10.1 Å². The second kappa shape index (κ2) is 5.54. The maximum atomic E-state index is 13.7. The number of benzene rings is 2. The summed E-state index contributed by atoms with van der Waals surface area (Å²) in [5.41, 5.74) is 0.00677. The minimum absolute atomic E-state index is 0.0561. The van der Waals surface area contributed by atoms with E-state index in [9.17, 15) is 18.9 Å². The molecule has 0 spiro atoms. The number of ether oxygens (including phenoxy) is 1. The quantitative estimate of drug-likeness (QED) is 0.635. The van der Waals surface area contributed by atoms with Gasteiger partial charge in [-0.25, -0.2) is 8.78 Å². The summed E-state index contributed by atoms with van der Waals surface area (Å²) in [5.74, 6) is -2.66. The Morgan fingerprint density at radius 1 is 1.24 bits per heavy atom. The van der Waals surface area contributed by atoms with Crippen LogP contribution in [-0.4, -0.2) is 4.92 Å². The molecule has 0 N–H and O–H groups in total. The molecule has 0 aliphatic rings. The van der Waals surface area contributed by atoms with E-state index in [2.05, 4.69) is 0 Å². The Labute approximate surface area is 118 Å². The maximum Gasteiger partial charge on any atom is 0.272 e. The van der Waals surface area contributed by atoms with Gasteiger partial charge in [0.15, 0.2) is 17.4 Å².